The summed E-state index contributed by atoms with van der Waals surface area (Å²) in [6.07, 6.45) is 1.89. The molecule has 1 aromatic carbocycles. The first-order valence-electron chi connectivity index (χ1n) is 6.33. The Morgan fingerprint density at radius 1 is 1.11 bits per heavy atom. The number of rotatable bonds is 3. The molecular formula is C16H19NO2. The topological polar surface area (TPSA) is 31.2 Å². The van der Waals surface area contributed by atoms with E-state index in [2.05, 4.69) is 6.92 Å². The summed E-state index contributed by atoms with van der Waals surface area (Å²) in [5.74, 6) is 0.862. The van der Waals surface area contributed by atoms with Gasteiger partial charge in [-0.1, -0.05) is 12.1 Å². The third-order valence-electron chi connectivity index (χ3n) is 3.46. The first-order chi connectivity index (χ1) is 9.02. The molecule has 0 amide bonds. The van der Waals surface area contributed by atoms with Crippen LogP contribution in [0.5, 0.6) is 5.75 Å². The molecule has 2 aromatic rings. The Morgan fingerprint density at radius 2 is 1.84 bits per heavy atom. The Kier molecular flexibility index (Phi) is 3.74. The second-order valence-corrected chi connectivity index (χ2v) is 4.86. The first kappa shape index (κ1) is 13.4. The highest BCUT2D eigenvalue weighted by Crippen LogP contribution is 2.24. The summed E-state index contributed by atoms with van der Waals surface area (Å²) in [6.45, 7) is 6.65. The van der Waals surface area contributed by atoms with Crippen LogP contribution in [0.2, 0.25) is 0 Å². The minimum Gasteiger partial charge on any atom is -0.496 e. The van der Waals surface area contributed by atoms with E-state index in [1.54, 1.807) is 17.7 Å². The third-order valence-corrected chi connectivity index (χ3v) is 3.46. The Morgan fingerprint density at radius 3 is 2.53 bits per heavy atom. The average molecular weight is 257 g/mol. The van der Waals surface area contributed by atoms with E-state index in [1.165, 1.54) is 5.56 Å². The van der Waals surface area contributed by atoms with E-state index < -0.39 is 0 Å². The zero-order valence-corrected chi connectivity index (χ0v) is 11.9. The highest BCUT2D eigenvalue weighted by atomic mass is 16.5. The van der Waals surface area contributed by atoms with Crippen molar-refractivity contribution in [2.75, 3.05) is 7.11 Å². The van der Waals surface area contributed by atoms with Crippen molar-refractivity contribution < 1.29 is 4.74 Å². The van der Waals surface area contributed by atoms with Gasteiger partial charge in [0.05, 0.1) is 13.7 Å². The minimum atomic E-state index is 0.0206. The largest absolute Gasteiger partial charge is 0.496 e. The van der Waals surface area contributed by atoms with Gasteiger partial charge in [0.15, 0.2) is 0 Å². The lowest BCUT2D eigenvalue weighted by Crippen LogP contribution is -2.20. The fraction of sp³-hybridized carbons (Fsp3) is 0.312. The van der Waals surface area contributed by atoms with Gasteiger partial charge in [-0.05, 0) is 49.1 Å². The van der Waals surface area contributed by atoms with Crippen molar-refractivity contribution in [1.29, 1.82) is 0 Å². The van der Waals surface area contributed by atoms with Crippen LogP contribution >= 0.6 is 0 Å². The molecule has 0 bridgehead atoms. The maximum Gasteiger partial charge on any atom is 0.250 e. The van der Waals surface area contributed by atoms with Crippen molar-refractivity contribution in [2.45, 2.75) is 27.3 Å². The number of aromatic nitrogens is 1. The fourth-order valence-electron chi connectivity index (χ4n) is 2.28. The van der Waals surface area contributed by atoms with Crippen LogP contribution in [0.3, 0.4) is 0 Å². The quantitative estimate of drug-likeness (QED) is 0.846. The van der Waals surface area contributed by atoms with Crippen molar-refractivity contribution in [1.82, 2.24) is 4.57 Å². The molecule has 2 rings (SSSR count). The summed E-state index contributed by atoms with van der Waals surface area (Å²) >= 11 is 0. The summed E-state index contributed by atoms with van der Waals surface area (Å²) in [5.41, 5.74) is 4.51. The molecule has 3 nitrogen and oxygen atoms in total. The van der Waals surface area contributed by atoms with Gasteiger partial charge in [-0.3, -0.25) is 4.79 Å². The molecule has 0 N–H and O–H groups in total. The highest BCUT2D eigenvalue weighted by molar-refractivity contribution is 5.44. The number of benzene rings is 1. The molecular weight excluding hydrogens is 238 g/mol. The lowest BCUT2D eigenvalue weighted by atomic mass is 10.0. The van der Waals surface area contributed by atoms with Gasteiger partial charge < -0.3 is 9.30 Å². The predicted molar refractivity (Wildman–Crippen MR) is 77.0 cm³/mol. The zero-order valence-electron chi connectivity index (χ0n) is 11.9. The van der Waals surface area contributed by atoms with E-state index in [9.17, 15) is 4.79 Å². The number of nitrogens with zero attached hydrogens (tertiary/aromatic N) is 1. The molecule has 0 aliphatic rings. The summed E-state index contributed by atoms with van der Waals surface area (Å²) in [7, 11) is 1.67. The van der Waals surface area contributed by atoms with Crippen LogP contribution in [0.1, 0.15) is 22.3 Å². The Labute approximate surface area is 113 Å². The molecule has 1 aromatic heterocycles. The molecule has 19 heavy (non-hydrogen) atoms. The van der Waals surface area contributed by atoms with Gasteiger partial charge in [-0.2, -0.15) is 0 Å². The number of pyridine rings is 1. The summed E-state index contributed by atoms with van der Waals surface area (Å²) in [6, 6.07) is 7.44. The Balaban J connectivity index is 2.49. The van der Waals surface area contributed by atoms with E-state index >= 15 is 0 Å². The second kappa shape index (κ2) is 5.31. The van der Waals surface area contributed by atoms with Gasteiger partial charge in [0.2, 0.25) is 0 Å². The summed E-state index contributed by atoms with van der Waals surface area (Å²) < 4.78 is 7.09. The number of ether oxygens (including phenoxy) is 1. The van der Waals surface area contributed by atoms with Crippen molar-refractivity contribution in [3.05, 3.63) is 63.1 Å². The van der Waals surface area contributed by atoms with Crippen LogP contribution in [0, 0.1) is 20.8 Å². The van der Waals surface area contributed by atoms with E-state index in [0.717, 1.165) is 22.4 Å². The number of aryl methyl sites for hydroxylation is 2. The Bertz CT molecular complexity index is 656. The minimum absolute atomic E-state index is 0.0206. The van der Waals surface area contributed by atoms with Crippen LogP contribution in [0.15, 0.2) is 35.3 Å². The molecule has 0 aliphatic carbocycles. The first-order valence-corrected chi connectivity index (χ1v) is 6.33. The highest BCUT2D eigenvalue weighted by Gasteiger charge is 2.09. The number of hydrogen-bond donors (Lipinski definition) is 0. The van der Waals surface area contributed by atoms with E-state index in [-0.39, 0.29) is 5.56 Å². The molecule has 3 heteroatoms. The molecule has 0 spiro atoms. The number of methoxy groups -OCH3 is 1. The lowest BCUT2D eigenvalue weighted by Gasteiger charge is -2.15. The van der Waals surface area contributed by atoms with Crippen molar-refractivity contribution in [3.8, 4) is 5.75 Å². The standard InChI is InChI=1S/C16H19NO2/c1-11-5-8-16(18)17(9-11)10-14-12(2)6-7-15(19-4)13(14)3/h5-9H,10H2,1-4H3. The molecule has 100 valence electrons. The van der Waals surface area contributed by atoms with Crippen molar-refractivity contribution in [3.63, 3.8) is 0 Å². The van der Waals surface area contributed by atoms with E-state index in [0.29, 0.717) is 6.54 Å². The monoisotopic (exact) mass is 257 g/mol. The van der Waals surface area contributed by atoms with Gasteiger partial charge in [0, 0.05) is 12.3 Å². The molecule has 0 saturated carbocycles. The number of hydrogen-bond acceptors (Lipinski definition) is 2. The maximum absolute atomic E-state index is 11.9. The third kappa shape index (κ3) is 2.70. The maximum atomic E-state index is 11.9. The van der Waals surface area contributed by atoms with E-state index in [4.69, 9.17) is 4.74 Å². The van der Waals surface area contributed by atoms with Gasteiger partial charge in [0.25, 0.3) is 5.56 Å². The molecule has 1 heterocycles. The SMILES string of the molecule is COc1ccc(C)c(Cn2cc(C)ccc2=O)c1C. The lowest BCUT2D eigenvalue weighted by molar-refractivity contribution is 0.410. The summed E-state index contributed by atoms with van der Waals surface area (Å²) in [4.78, 5) is 11.9. The second-order valence-electron chi connectivity index (χ2n) is 4.86. The average Bonchev–Trinajstić information content (AvgIpc) is 2.38. The molecule has 0 fully saturated rings. The van der Waals surface area contributed by atoms with Crippen LogP contribution in [-0.4, -0.2) is 11.7 Å². The molecule has 0 saturated heterocycles. The molecule has 0 atom stereocenters. The van der Waals surface area contributed by atoms with Crippen molar-refractivity contribution in [2.24, 2.45) is 0 Å². The zero-order chi connectivity index (χ0) is 14.0. The van der Waals surface area contributed by atoms with Gasteiger partial charge in [-0.25, -0.2) is 0 Å². The van der Waals surface area contributed by atoms with Crippen LogP contribution in [0.25, 0.3) is 0 Å². The predicted octanol–water partition coefficient (Wildman–Crippen LogP) is 2.83. The Hall–Kier alpha value is -2.03. The molecule has 0 aliphatic heterocycles. The van der Waals surface area contributed by atoms with Crippen LogP contribution in [-0.2, 0) is 6.54 Å². The van der Waals surface area contributed by atoms with Gasteiger partial charge in [0.1, 0.15) is 5.75 Å². The molecule has 0 unspecified atom stereocenters. The van der Waals surface area contributed by atoms with Gasteiger partial charge in [-0.15, -0.1) is 0 Å². The van der Waals surface area contributed by atoms with Crippen LogP contribution < -0.4 is 10.3 Å². The fourth-order valence-corrected chi connectivity index (χ4v) is 2.28. The van der Waals surface area contributed by atoms with Gasteiger partial charge >= 0.3 is 0 Å². The van der Waals surface area contributed by atoms with E-state index in [1.807, 2.05) is 38.2 Å². The molecule has 0 radical (unpaired) electrons. The normalized spacial score (nSPS) is 10.5. The van der Waals surface area contributed by atoms with Crippen molar-refractivity contribution >= 4 is 0 Å². The summed E-state index contributed by atoms with van der Waals surface area (Å²) in [5, 5.41) is 0. The smallest absolute Gasteiger partial charge is 0.250 e. The van der Waals surface area contributed by atoms with Crippen LogP contribution in [0.4, 0.5) is 0 Å².